The van der Waals surface area contributed by atoms with Gasteiger partial charge < -0.3 is 20.3 Å². The highest BCUT2D eigenvalue weighted by Crippen LogP contribution is 2.16. The van der Waals surface area contributed by atoms with E-state index in [2.05, 4.69) is 15.2 Å². The monoisotopic (exact) mass is 381 g/mol. The number of rotatable bonds is 6. The molecule has 1 aliphatic heterocycles. The van der Waals surface area contributed by atoms with E-state index in [0.717, 1.165) is 43.5 Å². The summed E-state index contributed by atoms with van der Waals surface area (Å²) < 4.78 is 5.37. The molecule has 1 aromatic heterocycles. The van der Waals surface area contributed by atoms with Crippen LogP contribution in [-0.2, 0) is 14.3 Å². The van der Waals surface area contributed by atoms with Crippen LogP contribution in [0.2, 0.25) is 0 Å². The highest BCUT2D eigenvalue weighted by atomic mass is 32.1. The first kappa shape index (κ1) is 21.7. The Kier molecular flexibility index (Phi) is 10.1. The van der Waals surface area contributed by atoms with Gasteiger partial charge in [-0.05, 0) is 12.1 Å². The predicted molar refractivity (Wildman–Crippen MR) is 100 cm³/mol. The molecule has 142 valence electrons. The van der Waals surface area contributed by atoms with Crippen molar-refractivity contribution in [2.24, 2.45) is 0 Å². The van der Waals surface area contributed by atoms with Gasteiger partial charge in [0.15, 0.2) is 0 Å². The zero-order chi connectivity index (χ0) is 19.4. The lowest BCUT2D eigenvalue weighted by Gasteiger charge is -2.30. The summed E-state index contributed by atoms with van der Waals surface area (Å²) in [5.74, 6) is -2.36. The number of nitrogens with zero attached hydrogens (tertiary/aromatic N) is 2. The molecule has 8 nitrogen and oxygen atoms in total. The average molecular weight is 381 g/mol. The molecule has 0 bridgehead atoms. The fourth-order valence-electron chi connectivity index (χ4n) is 2.25. The number of aliphatic carboxylic acids is 2. The summed E-state index contributed by atoms with van der Waals surface area (Å²) in [7, 11) is 1.87. The number of nitrogens with one attached hydrogen (secondary N) is 1. The van der Waals surface area contributed by atoms with Crippen LogP contribution in [0.25, 0.3) is 0 Å². The Labute approximate surface area is 157 Å². The van der Waals surface area contributed by atoms with Crippen molar-refractivity contribution in [3.63, 3.8) is 0 Å². The summed E-state index contributed by atoms with van der Waals surface area (Å²) in [6.07, 6.45) is 2.94. The molecule has 0 radical (unpaired) electrons. The van der Waals surface area contributed by atoms with Crippen molar-refractivity contribution in [2.45, 2.75) is 5.92 Å². The molecule has 1 fully saturated rings. The minimum Gasteiger partial charge on any atom is -0.478 e. The quantitative estimate of drug-likeness (QED) is 0.485. The molecule has 2 rings (SSSR count). The Morgan fingerprint density at radius 1 is 1.31 bits per heavy atom. The van der Waals surface area contributed by atoms with Gasteiger partial charge in [-0.25, -0.2) is 9.59 Å². The standard InChI is InChI=1S/C13H19N3OS.C4H4O4/c1-14-13(18)11(12-4-2-3-5-15-12)10-16-6-8-17-9-7-16;5-3(6)1-2-4(7)8/h2-5,11H,6-10H2,1H3,(H,14,18);1-2H,(H,5,6)(H,7,8). The molecule has 1 unspecified atom stereocenters. The topological polar surface area (TPSA) is 112 Å². The van der Waals surface area contributed by atoms with Crippen LogP contribution in [0.15, 0.2) is 36.5 Å². The van der Waals surface area contributed by atoms with E-state index in [9.17, 15) is 9.59 Å². The van der Waals surface area contributed by atoms with E-state index in [1.165, 1.54) is 0 Å². The van der Waals surface area contributed by atoms with Gasteiger partial charge in [0.2, 0.25) is 0 Å². The van der Waals surface area contributed by atoms with Crippen LogP contribution in [0.1, 0.15) is 11.6 Å². The zero-order valence-electron chi connectivity index (χ0n) is 14.5. The van der Waals surface area contributed by atoms with Crippen molar-refractivity contribution < 1.29 is 24.5 Å². The Bertz CT molecular complexity index is 602. The van der Waals surface area contributed by atoms with Crippen molar-refractivity contribution in [2.75, 3.05) is 39.9 Å². The van der Waals surface area contributed by atoms with Crippen molar-refractivity contribution in [1.29, 1.82) is 0 Å². The Balaban J connectivity index is 0.000000359. The van der Waals surface area contributed by atoms with Gasteiger partial charge in [0.05, 0.1) is 29.8 Å². The molecule has 1 aliphatic rings. The summed E-state index contributed by atoms with van der Waals surface area (Å²) in [6, 6.07) is 5.97. The van der Waals surface area contributed by atoms with Gasteiger partial charge in [-0.2, -0.15) is 0 Å². The van der Waals surface area contributed by atoms with E-state index >= 15 is 0 Å². The second kappa shape index (κ2) is 12.1. The minimum atomic E-state index is -1.26. The van der Waals surface area contributed by atoms with Gasteiger partial charge in [0.1, 0.15) is 0 Å². The highest BCUT2D eigenvalue weighted by Gasteiger charge is 2.22. The van der Waals surface area contributed by atoms with Crippen LogP contribution in [0.5, 0.6) is 0 Å². The normalized spacial score (nSPS) is 15.6. The molecule has 0 aliphatic carbocycles. The summed E-state index contributed by atoms with van der Waals surface area (Å²) in [5.41, 5.74) is 1.03. The number of carbonyl (C=O) groups is 2. The van der Waals surface area contributed by atoms with Crippen LogP contribution in [0.3, 0.4) is 0 Å². The van der Waals surface area contributed by atoms with Gasteiger partial charge >= 0.3 is 11.9 Å². The summed E-state index contributed by atoms with van der Waals surface area (Å²) in [5, 5.41) is 18.7. The maximum absolute atomic E-state index is 9.55. The van der Waals surface area contributed by atoms with E-state index in [1.807, 2.05) is 31.4 Å². The molecule has 1 saturated heterocycles. The number of morpholine rings is 1. The van der Waals surface area contributed by atoms with E-state index in [1.54, 1.807) is 0 Å². The molecular formula is C17H23N3O5S. The van der Waals surface area contributed by atoms with Crippen molar-refractivity contribution in [3.8, 4) is 0 Å². The zero-order valence-corrected chi connectivity index (χ0v) is 15.3. The highest BCUT2D eigenvalue weighted by molar-refractivity contribution is 7.80. The Morgan fingerprint density at radius 3 is 2.38 bits per heavy atom. The summed E-state index contributed by atoms with van der Waals surface area (Å²) >= 11 is 5.42. The van der Waals surface area contributed by atoms with Crippen LogP contribution in [0.4, 0.5) is 0 Å². The lowest BCUT2D eigenvalue weighted by atomic mass is 10.0. The number of carboxylic acid groups (broad SMARTS) is 2. The number of aromatic nitrogens is 1. The molecule has 3 N–H and O–H groups in total. The maximum atomic E-state index is 9.55. The van der Waals surface area contributed by atoms with Gasteiger partial charge in [-0.1, -0.05) is 18.3 Å². The molecule has 1 aromatic rings. The molecule has 2 heterocycles. The van der Waals surface area contributed by atoms with Gasteiger partial charge in [0.25, 0.3) is 0 Å². The van der Waals surface area contributed by atoms with Crippen LogP contribution < -0.4 is 5.32 Å². The molecule has 0 amide bonds. The lowest BCUT2D eigenvalue weighted by Crippen LogP contribution is -2.41. The largest absolute Gasteiger partial charge is 0.478 e. The first-order valence-corrected chi connectivity index (χ1v) is 8.41. The van der Waals surface area contributed by atoms with Crippen molar-refractivity contribution >= 4 is 29.1 Å². The second-order valence-corrected chi connectivity index (χ2v) is 5.78. The molecule has 26 heavy (non-hydrogen) atoms. The van der Waals surface area contributed by atoms with E-state index < -0.39 is 11.9 Å². The number of hydrogen-bond donors (Lipinski definition) is 3. The van der Waals surface area contributed by atoms with E-state index in [0.29, 0.717) is 12.2 Å². The third-order valence-electron chi connectivity index (χ3n) is 3.52. The summed E-state index contributed by atoms with van der Waals surface area (Å²) in [6.45, 7) is 4.45. The van der Waals surface area contributed by atoms with Gasteiger partial charge in [-0.3, -0.25) is 9.88 Å². The van der Waals surface area contributed by atoms with Gasteiger partial charge in [0, 0.05) is 45.0 Å². The molecule has 0 saturated carbocycles. The van der Waals surface area contributed by atoms with Crippen LogP contribution in [0, 0.1) is 0 Å². The van der Waals surface area contributed by atoms with Crippen LogP contribution in [-0.4, -0.2) is 76.9 Å². The fourth-order valence-corrected chi connectivity index (χ4v) is 2.45. The summed E-state index contributed by atoms with van der Waals surface area (Å²) in [4.78, 5) is 26.8. The maximum Gasteiger partial charge on any atom is 0.328 e. The number of ether oxygens (including phenoxy) is 1. The SMILES string of the molecule is CNC(=S)C(CN1CCOCC1)c1ccccn1.O=C(O)C=CC(=O)O. The molecule has 0 spiro atoms. The van der Waals surface area contributed by atoms with E-state index in [-0.39, 0.29) is 5.92 Å². The molecule has 0 aromatic carbocycles. The number of thiocarbonyl (C=S) groups is 1. The Morgan fingerprint density at radius 2 is 1.92 bits per heavy atom. The molecule has 9 heteroatoms. The van der Waals surface area contributed by atoms with E-state index in [4.69, 9.17) is 27.2 Å². The third kappa shape index (κ3) is 8.65. The predicted octanol–water partition coefficient (Wildman–Crippen LogP) is 0.756. The number of pyridine rings is 1. The lowest BCUT2D eigenvalue weighted by molar-refractivity contribution is -0.134. The minimum absolute atomic E-state index is 0.157. The number of hydrogen-bond acceptors (Lipinski definition) is 6. The number of carboxylic acids is 2. The second-order valence-electron chi connectivity index (χ2n) is 5.34. The number of likely N-dealkylation sites (N-methyl/N-ethyl adjacent to an activating group) is 1. The Hall–Kier alpha value is -2.36. The third-order valence-corrected chi connectivity index (χ3v) is 4.01. The smallest absolute Gasteiger partial charge is 0.328 e. The van der Waals surface area contributed by atoms with Gasteiger partial charge in [-0.15, -0.1) is 0 Å². The fraction of sp³-hybridized carbons (Fsp3) is 0.412. The first-order chi connectivity index (χ1) is 12.4. The molecule has 1 atom stereocenters. The van der Waals surface area contributed by atoms with Crippen molar-refractivity contribution in [1.82, 2.24) is 15.2 Å². The first-order valence-electron chi connectivity index (χ1n) is 8.00. The van der Waals surface area contributed by atoms with Crippen molar-refractivity contribution in [3.05, 3.63) is 42.2 Å². The molecular weight excluding hydrogens is 358 g/mol. The average Bonchev–Trinajstić information content (AvgIpc) is 2.66. The van der Waals surface area contributed by atoms with Crippen LogP contribution >= 0.6 is 12.2 Å².